The molecule has 37 heavy (non-hydrogen) atoms. The van der Waals surface area contributed by atoms with Crippen molar-refractivity contribution in [2.24, 2.45) is 0 Å². The molecule has 3 rings (SSSR count). The average molecular weight is 508 g/mol. The fourth-order valence-corrected chi connectivity index (χ4v) is 4.47. The first-order valence-corrected chi connectivity index (χ1v) is 10.9. The SMILES string of the molecule is CC(=O)c1c(O)c(C(C)=O)c(O)c(C(c2ccccc2)c2c(O)c(C(C)=O)c(O)c(C(C)=O)c2O)c1O. The van der Waals surface area contributed by atoms with E-state index in [1.54, 1.807) is 6.07 Å². The smallest absolute Gasteiger partial charge is 0.167 e. The number of Topliss-reactive ketones (excluding diaryl/α,β-unsaturated/α-hetero) is 4. The van der Waals surface area contributed by atoms with E-state index in [0.29, 0.717) is 0 Å². The van der Waals surface area contributed by atoms with Crippen LogP contribution in [0.25, 0.3) is 0 Å². The Bertz CT molecular complexity index is 1310. The van der Waals surface area contributed by atoms with Crippen LogP contribution in [0.1, 0.15) is 91.7 Å². The summed E-state index contributed by atoms with van der Waals surface area (Å²) in [4.78, 5) is 49.4. The van der Waals surface area contributed by atoms with Crippen LogP contribution in [0.3, 0.4) is 0 Å². The third-order valence-corrected chi connectivity index (χ3v) is 6.03. The van der Waals surface area contributed by atoms with E-state index in [9.17, 15) is 49.8 Å². The molecule has 0 radical (unpaired) electrons. The van der Waals surface area contributed by atoms with Gasteiger partial charge in [-0.3, -0.25) is 19.2 Å². The highest BCUT2D eigenvalue weighted by atomic mass is 16.3. The van der Waals surface area contributed by atoms with Crippen molar-refractivity contribution in [1.29, 1.82) is 0 Å². The molecule has 0 saturated carbocycles. The molecule has 0 heterocycles. The number of hydrogen-bond donors (Lipinski definition) is 6. The number of ketones is 4. The van der Waals surface area contributed by atoms with Crippen molar-refractivity contribution in [3.8, 4) is 34.5 Å². The lowest BCUT2D eigenvalue weighted by atomic mass is 9.78. The van der Waals surface area contributed by atoms with Crippen molar-refractivity contribution in [3.05, 3.63) is 69.3 Å². The second kappa shape index (κ2) is 9.65. The highest BCUT2D eigenvalue weighted by Crippen LogP contribution is 2.55. The zero-order chi connectivity index (χ0) is 27.9. The largest absolute Gasteiger partial charge is 0.507 e. The molecule has 0 saturated heterocycles. The monoisotopic (exact) mass is 508 g/mol. The highest BCUT2D eigenvalue weighted by molar-refractivity contribution is 6.10. The maximum Gasteiger partial charge on any atom is 0.167 e. The summed E-state index contributed by atoms with van der Waals surface area (Å²) in [5.74, 6) is -10.9. The molecule has 0 aliphatic heterocycles. The van der Waals surface area contributed by atoms with Crippen LogP contribution >= 0.6 is 0 Å². The van der Waals surface area contributed by atoms with Crippen molar-refractivity contribution in [1.82, 2.24) is 0 Å². The highest BCUT2D eigenvalue weighted by Gasteiger charge is 2.38. The van der Waals surface area contributed by atoms with Crippen molar-refractivity contribution >= 4 is 23.1 Å². The van der Waals surface area contributed by atoms with E-state index in [-0.39, 0.29) is 5.56 Å². The number of phenols is 6. The molecule has 0 unspecified atom stereocenters. The molecule has 3 aromatic rings. The first kappa shape index (κ1) is 26.7. The Morgan fingerprint density at radius 1 is 0.486 bits per heavy atom. The fourth-order valence-electron chi connectivity index (χ4n) is 4.47. The Hall–Kier alpha value is -4.86. The van der Waals surface area contributed by atoms with E-state index >= 15 is 0 Å². The quantitative estimate of drug-likeness (QED) is 0.201. The van der Waals surface area contributed by atoms with Gasteiger partial charge in [0.2, 0.25) is 0 Å². The van der Waals surface area contributed by atoms with E-state index in [1.165, 1.54) is 24.3 Å². The molecule has 3 aromatic carbocycles. The lowest BCUT2D eigenvalue weighted by Crippen LogP contribution is -2.13. The van der Waals surface area contributed by atoms with Crippen molar-refractivity contribution in [2.45, 2.75) is 33.6 Å². The van der Waals surface area contributed by atoms with Crippen LogP contribution in [0, 0.1) is 0 Å². The fraction of sp³-hybridized carbons (Fsp3) is 0.185. The summed E-state index contributed by atoms with van der Waals surface area (Å²) in [6.45, 7) is 3.98. The second-order valence-corrected chi connectivity index (χ2v) is 8.49. The summed E-state index contributed by atoms with van der Waals surface area (Å²) in [6.07, 6.45) is 0. The van der Waals surface area contributed by atoms with E-state index < -0.39 is 96.9 Å². The summed E-state index contributed by atoms with van der Waals surface area (Å²) >= 11 is 0. The first-order chi connectivity index (χ1) is 17.2. The van der Waals surface area contributed by atoms with Gasteiger partial charge in [0.25, 0.3) is 0 Å². The van der Waals surface area contributed by atoms with Gasteiger partial charge in [0.15, 0.2) is 23.1 Å². The van der Waals surface area contributed by atoms with Crippen molar-refractivity contribution < 1.29 is 49.8 Å². The van der Waals surface area contributed by atoms with Gasteiger partial charge in [0.05, 0.1) is 0 Å². The van der Waals surface area contributed by atoms with Gasteiger partial charge in [-0.1, -0.05) is 30.3 Å². The Kier molecular flexibility index (Phi) is 6.97. The van der Waals surface area contributed by atoms with Gasteiger partial charge in [-0.15, -0.1) is 0 Å². The number of carbonyl (C=O) groups excluding carboxylic acids is 4. The summed E-state index contributed by atoms with van der Waals surface area (Å²) in [5, 5.41) is 65.5. The van der Waals surface area contributed by atoms with Crippen LogP contribution in [0.15, 0.2) is 30.3 Å². The number of benzene rings is 3. The Labute approximate surface area is 210 Å². The Balaban J connectivity index is 2.69. The van der Waals surface area contributed by atoms with Gasteiger partial charge in [-0.05, 0) is 33.3 Å². The summed E-state index contributed by atoms with van der Waals surface area (Å²) < 4.78 is 0. The normalized spacial score (nSPS) is 10.9. The van der Waals surface area contributed by atoms with Crippen molar-refractivity contribution in [3.63, 3.8) is 0 Å². The molecule has 0 aliphatic rings. The molecule has 6 N–H and O–H groups in total. The molecule has 0 spiro atoms. The third-order valence-electron chi connectivity index (χ3n) is 6.03. The summed E-state index contributed by atoms with van der Waals surface area (Å²) in [7, 11) is 0. The van der Waals surface area contributed by atoms with Gasteiger partial charge >= 0.3 is 0 Å². The second-order valence-electron chi connectivity index (χ2n) is 8.49. The third kappa shape index (κ3) is 4.22. The minimum atomic E-state index is -1.62. The topological polar surface area (TPSA) is 190 Å². The number of phenolic OH excluding ortho intramolecular Hbond substituents is 6. The van der Waals surface area contributed by atoms with E-state index in [0.717, 1.165) is 27.7 Å². The molecule has 0 fully saturated rings. The number of carbonyl (C=O) groups is 4. The van der Waals surface area contributed by atoms with E-state index in [1.807, 2.05) is 0 Å². The predicted molar refractivity (Wildman–Crippen MR) is 130 cm³/mol. The average Bonchev–Trinajstić information content (AvgIpc) is 2.77. The molecule has 0 aliphatic carbocycles. The maximum absolute atomic E-state index is 12.4. The molecule has 0 bridgehead atoms. The minimum absolute atomic E-state index is 0.156. The maximum atomic E-state index is 12.4. The zero-order valence-corrected chi connectivity index (χ0v) is 20.3. The van der Waals surface area contributed by atoms with Gasteiger partial charge in [-0.2, -0.15) is 0 Å². The lowest BCUT2D eigenvalue weighted by Gasteiger charge is -2.26. The van der Waals surface area contributed by atoms with E-state index in [2.05, 4.69) is 0 Å². The molecule has 0 aromatic heterocycles. The Morgan fingerprint density at radius 2 is 0.757 bits per heavy atom. The molecule has 10 nitrogen and oxygen atoms in total. The van der Waals surface area contributed by atoms with Gasteiger partial charge in [0, 0.05) is 17.0 Å². The van der Waals surface area contributed by atoms with Gasteiger partial charge in [0.1, 0.15) is 56.8 Å². The molecular formula is C27H24O10. The van der Waals surface area contributed by atoms with Crippen LogP contribution in [0.5, 0.6) is 34.5 Å². The number of aromatic hydroxyl groups is 6. The van der Waals surface area contributed by atoms with Crippen LogP contribution in [0.4, 0.5) is 0 Å². The Morgan fingerprint density at radius 3 is 1.00 bits per heavy atom. The predicted octanol–water partition coefficient (Wildman–Crippen LogP) is 3.91. The molecule has 192 valence electrons. The number of rotatable bonds is 7. The number of hydrogen-bond acceptors (Lipinski definition) is 10. The van der Waals surface area contributed by atoms with Crippen LogP contribution in [0.2, 0.25) is 0 Å². The zero-order valence-electron chi connectivity index (χ0n) is 20.3. The molecule has 10 heteroatoms. The van der Waals surface area contributed by atoms with Crippen LogP contribution in [-0.4, -0.2) is 53.8 Å². The molecule has 0 amide bonds. The van der Waals surface area contributed by atoms with E-state index in [4.69, 9.17) is 0 Å². The van der Waals surface area contributed by atoms with Gasteiger partial charge in [-0.25, -0.2) is 0 Å². The minimum Gasteiger partial charge on any atom is -0.507 e. The molecular weight excluding hydrogens is 484 g/mol. The lowest BCUT2D eigenvalue weighted by molar-refractivity contribution is 0.0987. The summed E-state index contributed by atoms with van der Waals surface area (Å²) in [5.41, 5.74) is -3.86. The standard InChI is InChI=1S/C27H24O10/c1-10(28)15-22(32)16(11(2)29)25(35)20(24(15)34)19(14-8-6-5-7-9-14)21-26(36)17(12(3)30)23(33)18(13(4)31)27(21)37/h5-9,19,32-37H,1-4H3. The summed E-state index contributed by atoms with van der Waals surface area (Å²) in [6, 6.07) is 7.56. The van der Waals surface area contributed by atoms with Gasteiger partial charge < -0.3 is 30.6 Å². The van der Waals surface area contributed by atoms with Crippen molar-refractivity contribution in [2.75, 3.05) is 0 Å². The molecule has 0 atom stereocenters. The van der Waals surface area contributed by atoms with Crippen LogP contribution < -0.4 is 0 Å². The first-order valence-electron chi connectivity index (χ1n) is 10.9. The van der Waals surface area contributed by atoms with Crippen LogP contribution in [-0.2, 0) is 0 Å².